The fourth-order valence-corrected chi connectivity index (χ4v) is 3.29. The second kappa shape index (κ2) is 7.74. The molecule has 26 heavy (non-hydrogen) atoms. The molecule has 6 nitrogen and oxygen atoms in total. The summed E-state index contributed by atoms with van der Waals surface area (Å²) in [5.74, 6) is -0.264. The Labute approximate surface area is 153 Å². The largest absolute Gasteiger partial charge is 0.459 e. The summed E-state index contributed by atoms with van der Waals surface area (Å²) >= 11 is 0. The molecule has 0 bridgehead atoms. The standard InChI is InChI=1S/C20H25N3O3/c1-20(13-21)9-10-23(14-20)19(25)16(12-15-6-3-2-4-7-15)22-18(24)17-8-5-11-26-17/h2-8,11,16H,9-10,12-14,21H2,1H3,(H,22,24). The van der Waals surface area contributed by atoms with E-state index in [2.05, 4.69) is 12.2 Å². The third kappa shape index (κ3) is 4.14. The number of likely N-dealkylation sites (tertiary alicyclic amines) is 1. The summed E-state index contributed by atoms with van der Waals surface area (Å²) in [6.07, 6.45) is 2.75. The van der Waals surface area contributed by atoms with Gasteiger partial charge in [-0.3, -0.25) is 9.59 Å². The molecule has 1 aromatic carbocycles. The number of nitrogens with two attached hydrogens (primary N) is 1. The van der Waals surface area contributed by atoms with E-state index in [1.807, 2.05) is 35.2 Å². The zero-order chi connectivity index (χ0) is 18.6. The molecule has 0 aliphatic carbocycles. The quantitative estimate of drug-likeness (QED) is 0.827. The molecule has 1 aromatic heterocycles. The van der Waals surface area contributed by atoms with E-state index in [9.17, 15) is 9.59 Å². The van der Waals surface area contributed by atoms with Gasteiger partial charge in [-0.25, -0.2) is 0 Å². The number of nitrogens with zero attached hydrogens (tertiary/aromatic N) is 1. The number of hydrogen-bond donors (Lipinski definition) is 2. The maximum absolute atomic E-state index is 13.1. The van der Waals surface area contributed by atoms with Crippen molar-refractivity contribution in [3.8, 4) is 0 Å². The zero-order valence-electron chi connectivity index (χ0n) is 15.0. The predicted molar refractivity (Wildman–Crippen MR) is 98.5 cm³/mol. The van der Waals surface area contributed by atoms with E-state index in [1.165, 1.54) is 6.26 Å². The SMILES string of the molecule is CC1(CN)CCN(C(=O)C(Cc2ccccc2)NC(=O)c2ccco2)C1. The molecule has 0 spiro atoms. The van der Waals surface area contributed by atoms with Crippen molar-refractivity contribution in [3.63, 3.8) is 0 Å². The Morgan fingerprint density at radius 1 is 1.27 bits per heavy atom. The lowest BCUT2D eigenvalue weighted by Gasteiger charge is -2.26. The van der Waals surface area contributed by atoms with Gasteiger partial charge in [0.15, 0.2) is 5.76 Å². The monoisotopic (exact) mass is 355 g/mol. The van der Waals surface area contributed by atoms with E-state index in [-0.39, 0.29) is 23.0 Å². The molecule has 1 aliphatic heterocycles. The molecule has 2 atom stereocenters. The van der Waals surface area contributed by atoms with Gasteiger partial charge in [-0.2, -0.15) is 0 Å². The third-order valence-corrected chi connectivity index (χ3v) is 4.99. The zero-order valence-corrected chi connectivity index (χ0v) is 15.0. The predicted octanol–water partition coefficient (Wildman–Crippen LogP) is 1.82. The Balaban J connectivity index is 1.76. The highest BCUT2D eigenvalue weighted by atomic mass is 16.3. The number of hydrogen-bond acceptors (Lipinski definition) is 4. The maximum Gasteiger partial charge on any atom is 0.287 e. The van der Waals surface area contributed by atoms with Crippen molar-refractivity contribution in [1.29, 1.82) is 0 Å². The average molecular weight is 355 g/mol. The molecule has 1 fully saturated rings. The second-order valence-corrected chi connectivity index (χ2v) is 7.22. The summed E-state index contributed by atoms with van der Waals surface area (Å²) in [5, 5.41) is 2.83. The molecule has 6 heteroatoms. The van der Waals surface area contributed by atoms with Crippen LogP contribution in [0.1, 0.15) is 29.5 Å². The van der Waals surface area contributed by atoms with Crippen LogP contribution in [0.25, 0.3) is 0 Å². The smallest absolute Gasteiger partial charge is 0.287 e. The lowest BCUT2D eigenvalue weighted by atomic mass is 9.90. The van der Waals surface area contributed by atoms with Crippen molar-refractivity contribution < 1.29 is 14.0 Å². The molecule has 0 radical (unpaired) electrons. The van der Waals surface area contributed by atoms with Gasteiger partial charge in [0.2, 0.25) is 5.91 Å². The summed E-state index contributed by atoms with van der Waals surface area (Å²) in [6.45, 7) is 3.91. The lowest BCUT2D eigenvalue weighted by molar-refractivity contribution is -0.132. The van der Waals surface area contributed by atoms with E-state index in [1.54, 1.807) is 12.1 Å². The number of rotatable bonds is 6. The Hall–Kier alpha value is -2.60. The first-order valence-electron chi connectivity index (χ1n) is 8.88. The van der Waals surface area contributed by atoms with Crippen molar-refractivity contribution in [2.75, 3.05) is 19.6 Å². The molecule has 3 rings (SSSR count). The van der Waals surface area contributed by atoms with Crippen LogP contribution in [0, 0.1) is 5.41 Å². The molecule has 2 unspecified atom stereocenters. The summed E-state index contributed by atoms with van der Waals surface area (Å²) in [6, 6.07) is 12.3. The molecule has 0 saturated carbocycles. The van der Waals surface area contributed by atoms with Gasteiger partial charge in [-0.05, 0) is 36.1 Å². The summed E-state index contributed by atoms with van der Waals surface area (Å²) in [4.78, 5) is 27.3. The fourth-order valence-electron chi connectivity index (χ4n) is 3.29. The van der Waals surface area contributed by atoms with Crippen LogP contribution in [0.5, 0.6) is 0 Å². The molecule has 1 aliphatic rings. The van der Waals surface area contributed by atoms with Crippen LogP contribution in [0.3, 0.4) is 0 Å². The fraction of sp³-hybridized carbons (Fsp3) is 0.400. The van der Waals surface area contributed by atoms with Crippen molar-refractivity contribution in [3.05, 3.63) is 60.1 Å². The molecule has 2 heterocycles. The summed E-state index contributed by atoms with van der Waals surface area (Å²) in [5.41, 5.74) is 6.79. The Morgan fingerprint density at radius 3 is 2.65 bits per heavy atom. The highest BCUT2D eigenvalue weighted by Gasteiger charge is 2.37. The van der Waals surface area contributed by atoms with Gasteiger partial charge < -0.3 is 20.4 Å². The van der Waals surface area contributed by atoms with Crippen molar-refractivity contribution in [2.24, 2.45) is 11.1 Å². The van der Waals surface area contributed by atoms with Gasteiger partial charge in [0, 0.05) is 19.5 Å². The molecule has 2 aromatic rings. The van der Waals surface area contributed by atoms with Gasteiger partial charge >= 0.3 is 0 Å². The van der Waals surface area contributed by atoms with Gasteiger partial charge in [0.25, 0.3) is 5.91 Å². The Bertz CT molecular complexity index is 745. The molecule has 2 amide bonds. The van der Waals surface area contributed by atoms with E-state index in [0.29, 0.717) is 26.1 Å². The first-order chi connectivity index (χ1) is 12.5. The average Bonchev–Trinajstić information content (AvgIpc) is 3.32. The lowest BCUT2D eigenvalue weighted by Crippen LogP contribution is -2.49. The molecular formula is C20H25N3O3. The highest BCUT2D eigenvalue weighted by Crippen LogP contribution is 2.29. The van der Waals surface area contributed by atoms with Crippen LogP contribution in [0.2, 0.25) is 0 Å². The Morgan fingerprint density at radius 2 is 2.04 bits per heavy atom. The topological polar surface area (TPSA) is 88.6 Å². The Kier molecular flexibility index (Phi) is 5.42. The highest BCUT2D eigenvalue weighted by molar-refractivity contribution is 5.95. The number of benzene rings is 1. The van der Waals surface area contributed by atoms with Crippen molar-refractivity contribution in [1.82, 2.24) is 10.2 Å². The number of furan rings is 1. The van der Waals surface area contributed by atoms with Gasteiger partial charge in [-0.15, -0.1) is 0 Å². The first kappa shape index (κ1) is 18.2. The number of carbonyl (C=O) groups is 2. The molecule has 138 valence electrons. The van der Waals surface area contributed by atoms with Crippen LogP contribution in [0.15, 0.2) is 53.1 Å². The van der Waals surface area contributed by atoms with Gasteiger partial charge in [0.05, 0.1) is 6.26 Å². The number of carbonyl (C=O) groups excluding carboxylic acids is 2. The van der Waals surface area contributed by atoms with E-state index in [4.69, 9.17) is 10.2 Å². The van der Waals surface area contributed by atoms with Crippen molar-refractivity contribution >= 4 is 11.8 Å². The minimum atomic E-state index is -0.643. The number of nitrogens with one attached hydrogen (secondary N) is 1. The van der Waals surface area contributed by atoms with Crippen LogP contribution >= 0.6 is 0 Å². The van der Waals surface area contributed by atoms with E-state index >= 15 is 0 Å². The maximum atomic E-state index is 13.1. The second-order valence-electron chi connectivity index (χ2n) is 7.22. The van der Waals surface area contributed by atoms with Crippen LogP contribution < -0.4 is 11.1 Å². The van der Waals surface area contributed by atoms with Gasteiger partial charge in [-0.1, -0.05) is 37.3 Å². The van der Waals surface area contributed by atoms with Gasteiger partial charge in [0.1, 0.15) is 6.04 Å². The minimum absolute atomic E-state index is 0.0576. The summed E-state index contributed by atoms with van der Waals surface area (Å²) in [7, 11) is 0. The summed E-state index contributed by atoms with van der Waals surface area (Å²) < 4.78 is 5.15. The van der Waals surface area contributed by atoms with E-state index < -0.39 is 6.04 Å². The van der Waals surface area contributed by atoms with Crippen LogP contribution in [-0.4, -0.2) is 42.4 Å². The first-order valence-corrected chi connectivity index (χ1v) is 8.88. The minimum Gasteiger partial charge on any atom is -0.459 e. The normalized spacial score (nSPS) is 20.8. The van der Waals surface area contributed by atoms with Crippen LogP contribution in [-0.2, 0) is 11.2 Å². The van der Waals surface area contributed by atoms with Crippen LogP contribution in [0.4, 0.5) is 0 Å². The molecule has 1 saturated heterocycles. The molecular weight excluding hydrogens is 330 g/mol. The van der Waals surface area contributed by atoms with Crippen molar-refractivity contribution in [2.45, 2.75) is 25.8 Å². The van der Waals surface area contributed by atoms with E-state index in [0.717, 1.165) is 12.0 Å². The third-order valence-electron chi connectivity index (χ3n) is 4.99. The number of amides is 2. The molecule has 3 N–H and O–H groups in total.